The minimum Gasteiger partial charge on any atom is -0.444 e. The molecule has 2 N–H and O–H groups in total. The van der Waals surface area contributed by atoms with Crippen LogP contribution in [-0.4, -0.2) is 38.4 Å². The quantitative estimate of drug-likeness (QED) is 0.890. The number of hydrogen-bond donors (Lipinski definition) is 1. The summed E-state index contributed by atoms with van der Waals surface area (Å²) in [6, 6.07) is 0.865. The highest BCUT2D eigenvalue weighted by atomic mass is 19.1. The lowest BCUT2D eigenvalue weighted by Gasteiger charge is -2.28. The second-order valence-electron chi connectivity index (χ2n) is 4.98. The summed E-state index contributed by atoms with van der Waals surface area (Å²) in [4.78, 5) is 25.0. The fraction of sp³-hybridized carbons (Fsp3) is 0.385. The van der Waals surface area contributed by atoms with E-state index in [0.717, 1.165) is 15.9 Å². The van der Waals surface area contributed by atoms with E-state index in [1.54, 1.807) is 0 Å². The highest BCUT2D eigenvalue weighted by Gasteiger charge is 2.37. The minimum atomic E-state index is -0.828. The predicted octanol–water partition coefficient (Wildman–Crippen LogP) is 1.34. The number of ether oxygens (including phenoxy) is 2. The van der Waals surface area contributed by atoms with Crippen LogP contribution < -0.4 is 15.5 Å². The lowest BCUT2D eigenvalue weighted by Crippen LogP contribution is -2.34. The zero-order valence-electron chi connectivity index (χ0n) is 11.6. The van der Waals surface area contributed by atoms with E-state index >= 15 is 0 Å². The van der Waals surface area contributed by atoms with Gasteiger partial charge < -0.3 is 15.2 Å². The molecular weight excluding hydrogens is 300 g/mol. The monoisotopic (exact) mass is 313 g/mol. The van der Waals surface area contributed by atoms with Gasteiger partial charge in [0, 0.05) is 19.7 Å². The van der Waals surface area contributed by atoms with Crippen LogP contribution in [0.1, 0.15) is 5.56 Å². The van der Waals surface area contributed by atoms with Crippen LogP contribution in [0.5, 0.6) is 0 Å². The van der Waals surface area contributed by atoms with Crippen molar-refractivity contribution >= 4 is 23.6 Å². The second kappa shape index (κ2) is 5.09. The molecule has 7 nitrogen and oxygen atoms in total. The topological polar surface area (TPSA) is 85.1 Å². The van der Waals surface area contributed by atoms with E-state index < -0.39 is 36.5 Å². The molecule has 2 amide bonds. The molecule has 3 rings (SSSR count). The number of hydrogen-bond acceptors (Lipinski definition) is 5. The predicted molar refractivity (Wildman–Crippen MR) is 71.6 cm³/mol. The molecular formula is C13H13F2N3O4. The lowest BCUT2D eigenvalue weighted by atomic mass is 10.1. The van der Waals surface area contributed by atoms with Crippen molar-refractivity contribution in [1.29, 1.82) is 0 Å². The van der Waals surface area contributed by atoms with Crippen LogP contribution in [-0.2, 0) is 16.1 Å². The van der Waals surface area contributed by atoms with Gasteiger partial charge in [0.1, 0.15) is 18.5 Å². The van der Waals surface area contributed by atoms with Crippen molar-refractivity contribution in [2.24, 2.45) is 5.73 Å². The average Bonchev–Trinajstić information content (AvgIpc) is 2.86. The first-order valence-corrected chi connectivity index (χ1v) is 6.53. The van der Waals surface area contributed by atoms with E-state index in [9.17, 15) is 18.4 Å². The number of cyclic esters (lactones) is 2. The van der Waals surface area contributed by atoms with Crippen molar-refractivity contribution in [1.82, 2.24) is 0 Å². The average molecular weight is 313 g/mol. The Balaban J connectivity index is 2.07. The number of carbonyl (C=O) groups excluding carboxylic acids is 2. The highest BCUT2D eigenvalue weighted by Crippen LogP contribution is 2.37. The molecule has 0 bridgehead atoms. The summed E-state index contributed by atoms with van der Waals surface area (Å²) in [5, 5.41) is 0. The maximum absolute atomic E-state index is 14.6. The number of rotatable bonds is 2. The number of anilines is 2. The SMILES string of the molecule is CN1C(=O)OCc2c(F)c(N3C[C@H](CN)OC3=O)cc(F)c21. The van der Waals surface area contributed by atoms with E-state index in [2.05, 4.69) is 0 Å². The van der Waals surface area contributed by atoms with Crippen molar-refractivity contribution in [2.75, 3.05) is 29.9 Å². The summed E-state index contributed by atoms with van der Waals surface area (Å²) in [6.45, 7) is -0.296. The standard InChI is InChI=1S/C13H13F2N3O4/c1-17-11-7(5-21-12(17)19)10(15)9(2-8(11)14)18-4-6(3-16)22-13(18)20/h2,6H,3-5,16H2,1H3/t6-/m0/s1. The Morgan fingerprint density at radius 2 is 2.09 bits per heavy atom. The summed E-state index contributed by atoms with van der Waals surface area (Å²) in [5.41, 5.74) is 4.83. The van der Waals surface area contributed by atoms with Crippen molar-refractivity contribution in [3.63, 3.8) is 0 Å². The molecule has 2 aliphatic rings. The molecule has 0 unspecified atom stereocenters. The van der Waals surface area contributed by atoms with Gasteiger partial charge in [0.2, 0.25) is 0 Å². The van der Waals surface area contributed by atoms with Gasteiger partial charge in [-0.25, -0.2) is 18.4 Å². The number of halogens is 2. The Kier molecular flexibility index (Phi) is 3.36. The lowest BCUT2D eigenvalue weighted by molar-refractivity contribution is 0.141. The van der Waals surface area contributed by atoms with Crippen molar-refractivity contribution in [3.8, 4) is 0 Å². The first kappa shape index (κ1) is 14.5. The molecule has 1 saturated heterocycles. The molecule has 118 valence electrons. The molecule has 22 heavy (non-hydrogen) atoms. The van der Waals surface area contributed by atoms with Gasteiger partial charge in [0.25, 0.3) is 0 Å². The summed E-state index contributed by atoms with van der Waals surface area (Å²) < 4.78 is 38.6. The van der Waals surface area contributed by atoms with E-state index in [-0.39, 0.29) is 30.0 Å². The first-order valence-electron chi connectivity index (χ1n) is 6.53. The van der Waals surface area contributed by atoms with Crippen LogP contribution >= 0.6 is 0 Å². The van der Waals surface area contributed by atoms with Crippen molar-refractivity contribution < 1.29 is 27.8 Å². The van der Waals surface area contributed by atoms with Crippen molar-refractivity contribution in [3.05, 3.63) is 23.3 Å². The van der Waals surface area contributed by atoms with Crippen molar-refractivity contribution in [2.45, 2.75) is 12.7 Å². The molecule has 1 aromatic carbocycles. The van der Waals surface area contributed by atoms with E-state index in [1.165, 1.54) is 7.05 Å². The number of carbonyl (C=O) groups is 2. The van der Waals surface area contributed by atoms with Crippen LogP contribution in [0.2, 0.25) is 0 Å². The molecule has 1 atom stereocenters. The summed E-state index contributed by atoms with van der Waals surface area (Å²) >= 11 is 0. The Labute approximate surface area is 124 Å². The maximum Gasteiger partial charge on any atom is 0.414 e. The molecule has 2 aliphatic heterocycles. The van der Waals surface area contributed by atoms with Crippen LogP contribution in [0, 0.1) is 11.6 Å². The Bertz CT molecular complexity index is 667. The van der Waals surface area contributed by atoms with Crippen LogP contribution in [0.15, 0.2) is 6.07 Å². The van der Waals surface area contributed by atoms with Gasteiger partial charge in [-0.05, 0) is 0 Å². The van der Waals surface area contributed by atoms with Crippen LogP contribution in [0.3, 0.4) is 0 Å². The number of fused-ring (bicyclic) bond motifs is 1. The number of nitrogens with zero attached hydrogens (tertiary/aromatic N) is 2. The fourth-order valence-corrected chi connectivity index (χ4v) is 2.51. The molecule has 0 saturated carbocycles. The molecule has 0 radical (unpaired) electrons. The van der Waals surface area contributed by atoms with Crippen LogP contribution in [0.25, 0.3) is 0 Å². The van der Waals surface area contributed by atoms with E-state index in [1.807, 2.05) is 0 Å². The van der Waals surface area contributed by atoms with Gasteiger partial charge in [-0.1, -0.05) is 0 Å². The third-order valence-electron chi connectivity index (χ3n) is 3.64. The van der Waals surface area contributed by atoms with Crippen LogP contribution in [0.4, 0.5) is 29.7 Å². The van der Waals surface area contributed by atoms with E-state index in [4.69, 9.17) is 15.2 Å². The number of amides is 2. The van der Waals surface area contributed by atoms with Gasteiger partial charge in [0.05, 0.1) is 23.5 Å². The smallest absolute Gasteiger partial charge is 0.414 e. The molecule has 1 aromatic rings. The van der Waals surface area contributed by atoms with Gasteiger partial charge in [-0.3, -0.25) is 9.80 Å². The molecule has 1 fully saturated rings. The first-order chi connectivity index (χ1) is 10.4. The summed E-state index contributed by atoms with van der Waals surface area (Å²) in [6.07, 6.45) is -2.15. The van der Waals surface area contributed by atoms with Gasteiger partial charge in [-0.15, -0.1) is 0 Å². The van der Waals surface area contributed by atoms with Gasteiger partial charge >= 0.3 is 12.2 Å². The number of nitrogens with two attached hydrogens (primary N) is 1. The normalized spacial score (nSPS) is 20.8. The molecule has 0 aromatic heterocycles. The number of benzene rings is 1. The van der Waals surface area contributed by atoms with E-state index in [0.29, 0.717) is 0 Å². The molecule has 2 heterocycles. The Morgan fingerprint density at radius 1 is 1.36 bits per heavy atom. The highest BCUT2D eigenvalue weighted by molar-refractivity contribution is 5.93. The zero-order valence-corrected chi connectivity index (χ0v) is 11.6. The summed E-state index contributed by atoms with van der Waals surface area (Å²) in [5.74, 6) is -1.65. The Hall–Kier alpha value is -2.42. The minimum absolute atomic E-state index is 0.0279. The largest absolute Gasteiger partial charge is 0.444 e. The maximum atomic E-state index is 14.6. The third kappa shape index (κ3) is 2.05. The third-order valence-corrected chi connectivity index (χ3v) is 3.64. The summed E-state index contributed by atoms with van der Waals surface area (Å²) in [7, 11) is 1.27. The Morgan fingerprint density at radius 3 is 2.73 bits per heavy atom. The zero-order chi connectivity index (χ0) is 16.0. The van der Waals surface area contributed by atoms with Gasteiger partial charge in [0.15, 0.2) is 5.82 Å². The molecule has 0 spiro atoms. The molecule has 0 aliphatic carbocycles. The fourth-order valence-electron chi connectivity index (χ4n) is 2.51. The second-order valence-corrected chi connectivity index (χ2v) is 4.98. The van der Waals surface area contributed by atoms with Gasteiger partial charge in [-0.2, -0.15) is 0 Å². The molecule has 9 heteroatoms.